The summed E-state index contributed by atoms with van der Waals surface area (Å²) in [6.07, 6.45) is 0. The van der Waals surface area contributed by atoms with Crippen molar-refractivity contribution in [3.05, 3.63) is 35.9 Å². The highest BCUT2D eigenvalue weighted by atomic mass is 16.5. The second-order valence-electron chi connectivity index (χ2n) is 4.86. The highest BCUT2D eigenvalue weighted by Gasteiger charge is 2.24. The van der Waals surface area contributed by atoms with Crippen LogP contribution in [0.25, 0.3) is 0 Å². The van der Waals surface area contributed by atoms with Gasteiger partial charge in [-0.15, -0.1) is 0 Å². The number of ether oxygens (including phenoxy) is 1. The summed E-state index contributed by atoms with van der Waals surface area (Å²) in [5.41, 5.74) is 0.471. The van der Waals surface area contributed by atoms with Gasteiger partial charge in [0.15, 0.2) is 0 Å². The van der Waals surface area contributed by atoms with Crippen LogP contribution in [0, 0.1) is 5.92 Å². The van der Waals surface area contributed by atoms with Crippen molar-refractivity contribution in [1.29, 1.82) is 0 Å². The molecule has 2 amide bonds. The zero-order chi connectivity index (χ0) is 15.8. The Labute approximate surface area is 123 Å². The van der Waals surface area contributed by atoms with Crippen molar-refractivity contribution < 1.29 is 19.1 Å². The molecule has 6 nitrogen and oxygen atoms in total. The lowest BCUT2D eigenvalue weighted by atomic mass is 10.0. The summed E-state index contributed by atoms with van der Waals surface area (Å²) >= 11 is 0. The minimum absolute atomic E-state index is 0.105. The summed E-state index contributed by atoms with van der Waals surface area (Å²) in [6, 6.07) is 7.85. The first kappa shape index (κ1) is 16.7. The molecule has 114 valence electrons. The van der Waals surface area contributed by atoms with Crippen molar-refractivity contribution in [3.63, 3.8) is 0 Å². The third kappa shape index (κ3) is 5.25. The van der Waals surface area contributed by atoms with Crippen molar-refractivity contribution in [3.8, 4) is 0 Å². The van der Waals surface area contributed by atoms with Gasteiger partial charge in [0.05, 0.1) is 13.7 Å². The Morgan fingerprint density at radius 3 is 2.29 bits per heavy atom. The van der Waals surface area contributed by atoms with Gasteiger partial charge in [-0.1, -0.05) is 32.0 Å². The summed E-state index contributed by atoms with van der Waals surface area (Å²) in [5.74, 6) is -1.40. The van der Waals surface area contributed by atoms with Crippen molar-refractivity contribution in [2.45, 2.75) is 19.9 Å². The maximum absolute atomic E-state index is 11.8. The summed E-state index contributed by atoms with van der Waals surface area (Å²) in [5, 5.41) is 5.04. The van der Waals surface area contributed by atoms with E-state index in [9.17, 15) is 14.4 Å². The molecular weight excluding hydrogens is 272 g/mol. The van der Waals surface area contributed by atoms with Crippen molar-refractivity contribution >= 4 is 17.8 Å². The lowest BCUT2D eigenvalue weighted by Gasteiger charge is -2.19. The molecule has 2 N–H and O–H groups in total. The van der Waals surface area contributed by atoms with E-state index in [4.69, 9.17) is 0 Å². The normalized spacial score (nSPS) is 11.6. The van der Waals surface area contributed by atoms with Gasteiger partial charge >= 0.3 is 5.97 Å². The van der Waals surface area contributed by atoms with E-state index in [0.29, 0.717) is 5.56 Å². The molecule has 1 rings (SSSR count). The summed E-state index contributed by atoms with van der Waals surface area (Å²) in [7, 11) is 1.26. The molecule has 0 saturated heterocycles. The number of carbonyl (C=O) groups excluding carboxylic acids is 3. The number of hydrogen-bond donors (Lipinski definition) is 2. The first-order valence-corrected chi connectivity index (χ1v) is 6.66. The van der Waals surface area contributed by atoms with Gasteiger partial charge in [0.25, 0.3) is 5.91 Å². The number of benzene rings is 1. The number of nitrogens with one attached hydrogen (secondary N) is 2. The number of carbonyl (C=O) groups is 3. The van der Waals surface area contributed by atoms with Gasteiger partial charge in [-0.05, 0) is 18.1 Å². The first-order chi connectivity index (χ1) is 9.95. The van der Waals surface area contributed by atoms with E-state index >= 15 is 0 Å². The molecule has 1 aromatic carbocycles. The Balaban J connectivity index is 2.50. The van der Waals surface area contributed by atoms with Gasteiger partial charge in [0.2, 0.25) is 5.91 Å². The van der Waals surface area contributed by atoms with Crippen molar-refractivity contribution in [2.24, 2.45) is 5.92 Å². The fraction of sp³-hybridized carbons (Fsp3) is 0.400. The van der Waals surface area contributed by atoms with E-state index in [2.05, 4.69) is 15.4 Å². The Morgan fingerprint density at radius 2 is 1.76 bits per heavy atom. The summed E-state index contributed by atoms with van der Waals surface area (Å²) < 4.78 is 4.63. The molecule has 0 aliphatic carbocycles. The van der Waals surface area contributed by atoms with Crippen LogP contribution < -0.4 is 10.6 Å². The molecular formula is C15H20N2O4. The SMILES string of the molecule is COC(=O)[C@@H](NC(=O)CNC(=O)c1ccccc1)C(C)C. The number of methoxy groups -OCH3 is 1. The monoisotopic (exact) mass is 292 g/mol. The molecule has 0 aliphatic rings. The van der Waals surface area contributed by atoms with Crippen LogP contribution in [0.2, 0.25) is 0 Å². The van der Waals surface area contributed by atoms with Crippen LogP contribution in [0.15, 0.2) is 30.3 Å². The zero-order valence-electron chi connectivity index (χ0n) is 12.4. The van der Waals surface area contributed by atoms with Crippen molar-refractivity contribution in [2.75, 3.05) is 13.7 Å². The van der Waals surface area contributed by atoms with E-state index in [1.165, 1.54) is 7.11 Å². The fourth-order valence-corrected chi connectivity index (χ4v) is 1.70. The molecule has 1 aromatic rings. The van der Waals surface area contributed by atoms with Crippen LogP contribution in [-0.4, -0.2) is 37.5 Å². The van der Waals surface area contributed by atoms with Crippen LogP contribution in [-0.2, 0) is 14.3 Å². The van der Waals surface area contributed by atoms with E-state index in [1.807, 2.05) is 0 Å². The molecule has 0 aliphatic heterocycles. The van der Waals surface area contributed by atoms with Gasteiger partial charge in [-0.25, -0.2) is 4.79 Å². The second-order valence-corrected chi connectivity index (χ2v) is 4.86. The van der Waals surface area contributed by atoms with Gasteiger partial charge in [-0.2, -0.15) is 0 Å². The molecule has 21 heavy (non-hydrogen) atoms. The molecule has 0 aromatic heterocycles. The predicted molar refractivity (Wildman–Crippen MR) is 77.6 cm³/mol. The molecule has 6 heteroatoms. The molecule has 0 unspecified atom stereocenters. The van der Waals surface area contributed by atoms with E-state index in [1.54, 1.807) is 44.2 Å². The van der Waals surface area contributed by atoms with Crippen LogP contribution in [0.3, 0.4) is 0 Å². The van der Waals surface area contributed by atoms with Crippen molar-refractivity contribution in [1.82, 2.24) is 10.6 Å². The van der Waals surface area contributed by atoms with Gasteiger partial charge in [0.1, 0.15) is 6.04 Å². The third-order valence-corrected chi connectivity index (χ3v) is 2.88. The quantitative estimate of drug-likeness (QED) is 0.757. The Hall–Kier alpha value is -2.37. The number of rotatable bonds is 6. The van der Waals surface area contributed by atoms with Gasteiger partial charge in [-0.3, -0.25) is 9.59 Å². The third-order valence-electron chi connectivity index (χ3n) is 2.88. The number of esters is 1. The minimum atomic E-state index is -0.726. The fourth-order valence-electron chi connectivity index (χ4n) is 1.70. The average molecular weight is 292 g/mol. The highest BCUT2D eigenvalue weighted by Crippen LogP contribution is 2.03. The molecule has 1 atom stereocenters. The molecule has 0 radical (unpaired) electrons. The zero-order valence-corrected chi connectivity index (χ0v) is 12.4. The van der Waals surface area contributed by atoms with Gasteiger partial charge < -0.3 is 15.4 Å². The maximum atomic E-state index is 11.8. The van der Waals surface area contributed by atoms with Crippen LogP contribution in [0.5, 0.6) is 0 Å². The number of amides is 2. The molecule has 0 spiro atoms. The van der Waals surface area contributed by atoms with E-state index < -0.39 is 17.9 Å². The largest absolute Gasteiger partial charge is 0.467 e. The average Bonchev–Trinajstić information content (AvgIpc) is 2.50. The summed E-state index contributed by atoms with van der Waals surface area (Å²) in [6.45, 7) is 3.39. The number of hydrogen-bond acceptors (Lipinski definition) is 4. The molecule has 0 fully saturated rings. The van der Waals surface area contributed by atoms with Crippen LogP contribution in [0.4, 0.5) is 0 Å². The van der Waals surface area contributed by atoms with Crippen LogP contribution >= 0.6 is 0 Å². The van der Waals surface area contributed by atoms with E-state index in [0.717, 1.165) is 0 Å². The lowest BCUT2D eigenvalue weighted by Crippen LogP contribution is -2.48. The minimum Gasteiger partial charge on any atom is -0.467 e. The predicted octanol–water partition coefficient (Wildman–Crippen LogP) is 0.730. The Morgan fingerprint density at radius 1 is 1.14 bits per heavy atom. The Kier molecular flexibility index (Phi) is 6.39. The lowest BCUT2D eigenvalue weighted by molar-refractivity contribution is -0.146. The van der Waals surface area contributed by atoms with Crippen LogP contribution in [0.1, 0.15) is 24.2 Å². The topological polar surface area (TPSA) is 84.5 Å². The second kappa shape index (κ2) is 8.04. The molecule has 0 bridgehead atoms. The van der Waals surface area contributed by atoms with E-state index in [-0.39, 0.29) is 18.4 Å². The highest BCUT2D eigenvalue weighted by molar-refractivity contribution is 5.96. The smallest absolute Gasteiger partial charge is 0.328 e. The molecule has 0 heterocycles. The first-order valence-electron chi connectivity index (χ1n) is 6.66. The Bertz CT molecular complexity index is 500. The molecule has 0 saturated carbocycles. The maximum Gasteiger partial charge on any atom is 0.328 e. The van der Waals surface area contributed by atoms with Gasteiger partial charge in [0, 0.05) is 5.56 Å². The summed E-state index contributed by atoms with van der Waals surface area (Å²) in [4.78, 5) is 35.1. The standard InChI is InChI=1S/C15H20N2O4/c1-10(2)13(15(20)21-3)17-12(18)9-16-14(19)11-7-5-4-6-8-11/h4-8,10,13H,9H2,1-3H3,(H,16,19)(H,17,18)/t13-/m0/s1.